The molecule has 0 saturated heterocycles. The number of nitro groups is 1. The van der Waals surface area contributed by atoms with E-state index in [1.807, 2.05) is 12.1 Å². The lowest BCUT2D eigenvalue weighted by Gasteiger charge is -2.19. The summed E-state index contributed by atoms with van der Waals surface area (Å²) in [5.41, 5.74) is 3.17. The fraction of sp³-hybridized carbons (Fsp3) is 0.350. The number of amides is 1. The maximum Gasteiger partial charge on any atom is 0.269 e. The Bertz CT molecular complexity index is 744. The van der Waals surface area contributed by atoms with Crippen molar-refractivity contribution in [1.29, 1.82) is 0 Å². The molecule has 2 aromatic carbocycles. The molecule has 0 aliphatic carbocycles. The predicted octanol–water partition coefficient (Wildman–Crippen LogP) is 4.31. The van der Waals surface area contributed by atoms with Gasteiger partial charge in [0, 0.05) is 18.7 Å². The van der Waals surface area contributed by atoms with Crippen LogP contribution in [-0.4, -0.2) is 10.8 Å². The predicted molar refractivity (Wildman–Crippen MR) is 98.5 cm³/mol. The molecule has 5 nitrogen and oxygen atoms in total. The Labute approximate surface area is 148 Å². The maximum absolute atomic E-state index is 12.3. The molecule has 1 atom stereocenters. The van der Waals surface area contributed by atoms with Crippen molar-refractivity contribution in [2.75, 3.05) is 0 Å². The van der Waals surface area contributed by atoms with Gasteiger partial charge < -0.3 is 5.32 Å². The minimum absolute atomic E-state index is 0.0234. The molecule has 1 N–H and O–H groups in total. The van der Waals surface area contributed by atoms with Crippen LogP contribution in [0.15, 0.2) is 48.5 Å². The van der Waals surface area contributed by atoms with Crippen LogP contribution in [0.2, 0.25) is 0 Å². The minimum atomic E-state index is -0.449. The molecule has 1 unspecified atom stereocenters. The molecule has 0 radical (unpaired) electrons. The monoisotopic (exact) mass is 340 g/mol. The highest BCUT2D eigenvalue weighted by Gasteiger charge is 2.17. The van der Waals surface area contributed by atoms with Crippen LogP contribution < -0.4 is 5.32 Å². The summed E-state index contributed by atoms with van der Waals surface area (Å²) in [5.74, 6) is -0.469. The molecule has 5 heteroatoms. The van der Waals surface area contributed by atoms with E-state index in [0.29, 0.717) is 6.54 Å². The summed E-state index contributed by atoms with van der Waals surface area (Å²) in [7, 11) is 0. The van der Waals surface area contributed by atoms with Crippen molar-refractivity contribution in [3.05, 3.63) is 75.3 Å². The van der Waals surface area contributed by atoms with Crippen molar-refractivity contribution >= 4 is 11.6 Å². The van der Waals surface area contributed by atoms with Crippen molar-refractivity contribution in [2.45, 2.75) is 45.6 Å². The maximum atomic E-state index is 12.3. The van der Waals surface area contributed by atoms with Crippen LogP contribution >= 0.6 is 0 Å². The van der Waals surface area contributed by atoms with Crippen molar-refractivity contribution < 1.29 is 9.72 Å². The molecule has 0 aliphatic rings. The van der Waals surface area contributed by atoms with E-state index in [-0.39, 0.29) is 22.9 Å². The van der Waals surface area contributed by atoms with E-state index in [2.05, 4.69) is 38.2 Å². The number of rotatable bonds is 5. The number of carbonyl (C=O) groups is 1. The number of hydrogen-bond acceptors (Lipinski definition) is 3. The zero-order valence-electron chi connectivity index (χ0n) is 15.1. The Balaban J connectivity index is 1.96. The van der Waals surface area contributed by atoms with Crippen LogP contribution in [0.3, 0.4) is 0 Å². The quantitative estimate of drug-likeness (QED) is 0.651. The summed E-state index contributed by atoms with van der Waals surface area (Å²) in [4.78, 5) is 22.6. The SMILES string of the molecule is CC(C(=O)NCc1ccc(C(C)(C)C)cc1)c1ccc([N+](=O)[O-])cc1. The second kappa shape index (κ2) is 7.47. The molecule has 0 aromatic heterocycles. The van der Waals surface area contributed by atoms with Gasteiger partial charge in [-0.25, -0.2) is 0 Å². The van der Waals surface area contributed by atoms with Gasteiger partial charge in [-0.15, -0.1) is 0 Å². The first-order valence-electron chi connectivity index (χ1n) is 8.30. The highest BCUT2D eigenvalue weighted by molar-refractivity contribution is 5.83. The van der Waals surface area contributed by atoms with Gasteiger partial charge in [0.15, 0.2) is 0 Å². The third kappa shape index (κ3) is 4.89. The van der Waals surface area contributed by atoms with Gasteiger partial charge in [0.05, 0.1) is 10.8 Å². The second-order valence-electron chi connectivity index (χ2n) is 7.24. The summed E-state index contributed by atoms with van der Waals surface area (Å²) in [5, 5.41) is 13.6. The first-order valence-corrected chi connectivity index (χ1v) is 8.30. The van der Waals surface area contributed by atoms with Crippen LogP contribution in [0.4, 0.5) is 5.69 Å². The van der Waals surface area contributed by atoms with Crippen molar-refractivity contribution in [3.8, 4) is 0 Å². The summed E-state index contributed by atoms with van der Waals surface area (Å²) >= 11 is 0. The van der Waals surface area contributed by atoms with Gasteiger partial charge in [0.1, 0.15) is 0 Å². The molecule has 0 heterocycles. The van der Waals surface area contributed by atoms with Gasteiger partial charge in [-0.2, -0.15) is 0 Å². The number of benzene rings is 2. The van der Waals surface area contributed by atoms with Crippen molar-refractivity contribution in [3.63, 3.8) is 0 Å². The van der Waals surface area contributed by atoms with Crippen LogP contribution in [-0.2, 0) is 16.8 Å². The molecule has 2 rings (SSSR count). The fourth-order valence-electron chi connectivity index (χ4n) is 2.50. The van der Waals surface area contributed by atoms with E-state index >= 15 is 0 Å². The molecule has 0 spiro atoms. The van der Waals surface area contributed by atoms with Crippen LogP contribution in [0.5, 0.6) is 0 Å². The number of nitrogens with one attached hydrogen (secondary N) is 1. The zero-order valence-corrected chi connectivity index (χ0v) is 15.1. The standard InChI is InChI=1S/C20H24N2O3/c1-14(16-7-11-18(12-8-16)22(24)25)19(23)21-13-15-5-9-17(10-6-15)20(2,3)4/h5-12,14H,13H2,1-4H3,(H,21,23). The summed E-state index contributed by atoms with van der Waals surface area (Å²) in [6.45, 7) is 8.74. The largest absolute Gasteiger partial charge is 0.352 e. The molecule has 1 amide bonds. The summed E-state index contributed by atoms with van der Waals surface area (Å²) < 4.78 is 0. The minimum Gasteiger partial charge on any atom is -0.352 e. The lowest BCUT2D eigenvalue weighted by atomic mass is 9.87. The molecule has 25 heavy (non-hydrogen) atoms. The van der Waals surface area contributed by atoms with Crippen LogP contribution in [0, 0.1) is 10.1 Å². The summed E-state index contributed by atoms with van der Waals surface area (Å²) in [6.07, 6.45) is 0. The molecular weight excluding hydrogens is 316 g/mol. The Morgan fingerprint density at radius 1 is 1.08 bits per heavy atom. The first kappa shape index (κ1) is 18.6. The Kier molecular flexibility index (Phi) is 5.57. The fourth-order valence-corrected chi connectivity index (χ4v) is 2.50. The average molecular weight is 340 g/mol. The third-order valence-electron chi connectivity index (χ3n) is 4.28. The molecule has 0 saturated carbocycles. The number of nitrogens with zero attached hydrogens (tertiary/aromatic N) is 1. The number of nitro benzene ring substituents is 1. The van der Waals surface area contributed by atoms with Crippen molar-refractivity contribution in [2.24, 2.45) is 0 Å². The molecule has 2 aromatic rings. The molecular formula is C20H24N2O3. The normalized spacial score (nSPS) is 12.5. The van der Waals surface area contributed by atoms with Crippen LogP contribution in [0.25, 0.3) is 0 Å². The first-order chi connectivity index (χ1) is 11.7. The molecule has 0 bridgehead atoms. The second-order valence-corrected chi connectivity index (χ2v) is 7.24. The van der Waals surface area contributed by atoms with E-state index in [4.69, 9.17) is 0 Å². The smallest absolute Gasteiger partial charge is 0.269 e. The van der Waals surface area contributed by atoms with Crippen LogP contribution in [0.1, 0.15) is 50.3 Å². The van der Waals surface area contributed by atoms with Gasteiger partial charge in [0.25, 0.3) is 5.69 Å². The average Bonchev–Trinajstić information content (AvgIpc) is 2.58. The van der Waals surface area contributed by atoms with E-state index < -0.39 is 4.92 Å². The van der Waals surface area contributed by atoms with Gasteiger partial charge in [-0.05, 0) is 29.0 Å². The van der Waals surface area contributed by atoms with E-state index in [1.165, 1.54) is 17.7 Å². The third-order valence-corrected chi connectivity index (χ3v) is 4.28. The van der Waals surface area contributed by atoms with Gasteiger partial charge in [-0.3, -0.25) is 14.9 Å². The summed E-state index contributed by atoms with van der Waals surface area (Å²) in [6, 6.07) is 14.3. The highest BCUT2D eigenvalue weighted by atomic mass is 16.6. The molecule has 132 valence electrons. The Hall–Kier alpha value is -2.69. The number of non-ortho nitro benzene ring substituents is 1. The Morgan fingerprint density at radius 2 is 1.64 bits per heavy atom. The van der Waals surface area contributed by atoms with E-state index in [1.54, 1.807) is 19.1 Å². The zero-order chi connectivity index (χ0) is 18.6. The number of hydrogen-bond donors (Lipinski definition) is 1. The van der Waals surface area contributed by atoms with E-state index in [9.17, 15) is 14.9 Å². The van der Waals surface area contributed by atoms with Crippen molar-refractivity contribution in [1.82, 2.24) is 5.32 Å². The lowest BCUT2D eigenvalue weighted by molar-refractivity contribution is -0.384. The molecule has 0 fully saturated rings. The Morgan fingerprint density at radius 3 is 2.12 bits per heavy atom. The molecule has 0 aliphatic heterocycles. The van der Waals surface area contributed by atoms with E-state index in [0.717, 1.165) is 11.1 Å². The van der Waals surface area contributed by atoms with Gasteiger partial charge in [0.2, 0.25) is 5.91 Å². The van der Waals surface area contributed by atoms with Gasteiger partial charge in [-0.1, -0.05) is 57.2 Å². The lowest BCUT2D eigenvalue weighted by Crippen LogP contribution is -2.27. The highest BCUT2D eigenvalue weighted by Crippen LogP contribution is 2.22. The topological polar surface area (TPSA) is 72.2 Å². The van der Waals surface area contributed by atoms with Gasteiger partial charge >= 0.3 is 0 Å². The number of carbonyl (C=O) groups excluding carboxylic acids is 1.